The highest BCUT2D eigenvalue weighted by Crippen LogP contribution is 2.30. The summed E-state index contributed by atoms with van der Waals surface area (Å²) >= 11 is 0. The maximum absolute atomic E-state index is 13.6. The van der Waals surface area contributed by atoms with E-state index in [1.807, 2.05) is 57.4 Å². The Morgan fingerprint density at radius 3 is 2.53 bits per heavy atom. The Kier molecular flexibility index (Phi) is 6.95. The van der Waals surface area contributed by atoms with Crippen LogP contribution in [-0.2, 0) is 27.8 Å². The third kappa shape index (κ3) is 4.91. The molecule has 6 nitrogen and oxygen atoms in total. The molecule has 0 saturated carbocycles. The van der Waals surface area contributed by atoms with Crippen molar-refractivity contribution < 1.29 is 13.2 Å². The highest BCUT2D eigenvalue weighted by Gasteiger charge is 2.40. The minimum atomic E-state index is -3.83. The van der Waals surface area contributed by atoms with Gasteiger partial charge in [0, 0.05) is 13.1 Å². The van der Waals surface area contributed by atoms with E-state index in [9.17, 15) is 13.2 Å². The normalized spacial score (nSPS) is 17.0. The van der Waals surface area contributed by atoms with Crippen LogP contribution in [0, 0.1) is 13.8 Å². The van der Waals surface area contributed by atoms with Crippen molar-refractivity contribution in [1.82, 2.24) is 14.5 Å². The van der Waals surface area contributed by atoms with Crippen LogP contribution in [0.3, 0.4) is 0 Å². The number of aryl methyl sites for hydroxylation is 2. The van der Waals surface area contributed by atoms with Crippen LogP contribution in [-0.4, -0.2) is 56.8 Å². The minimum Gasteiger partial charge on any atom is -0.355 e. The van der Waals surface area contributed by atoms with Gasteiger partial charge in [0.25, 0.3) is 0 Å². The third-order valence-electron chi connectivity index (χ3n) is 5.52. The number of carbonyl (C=O) groups is 1. The molecule has 1 unspecified atom stereocenters. The minimum absolute atomic E-state index is 0.196. The van der Waals surface area contributed by atoms with E-state index in [4.69, 9.17) is 0 Å². The smallest absolute Gasteiger partial charge is 0.244 e. The molecule has 7 heteroatoms. The molecule has 2 aromatic carbocycles. The highest BCUT2D eigenvalue weighted by molar-refractivity contribution is 7.89. The first kappa shape index (κ1) is 22.5. The second kappa shape index (κ2) is 9.29. The van der Waals surface area contributed by atoms with Crippen molar-refractivity contribution in [3.05, 3.63) is 64.7 Å². The number of carbonyl (C=O) groups excluding carboxylic acids is 1. The first-order valence-corrected chi connectivity index (χ1v) is 11.7. The van der Waals surface area contributed by atoms with Gasteiger partial charge in [-0.25, -0.2) is 8.42 Å². The van der Waals surface area contributed by atoms with Crippen molar-refractivity contribution >= 4 is 15.9 Å². The predicted molar refractivity (Wildman–Crippen MR) is 119 cm³/mol. The van der Waals surface area contributed by atoms with E-state index in [0.29, 0.717) is 18.5 Å². The van der Waals surface area contributed by atoms with Crippen LogP contribution < -0.4 is 5.32 Å². The van der Waals surface area contributed by atoms with Gasteiger partial charge in [0.15, 0.2) is 0 Å². The predicted octanol–water partition coefficient (Wildman–Crippen LogP) is 2.49. The first-order valence-electron chi connectivity index (χ1n) is 10.3. The standard InChI is InChI=1S/C23H31N3O3S/c1-17-10-11-18(2)22(14-17)30(28,29)26-16-20-9-6-5-8-19(20)15-21(26)23(27)24-12-7-13-25(3)4/h5-6,8-11,14,21H,7,12-13,15-16H2,1-4H3,(H,24,27). The molecule has 0 aliphatic carbocycles. The average molecular weight is 430 g/mol. The van der Waals surface area contributed by atoms with Crippen molar-refractivity contribution in [1.29, 1.82) is 0 Å². The number of amides is 1. The molecule has 1 heterocycles. The Morgan fingerprint density at radius 1 is 1.13 bits per heavy atom. The molecule has 0 spiro atoms. The van der Waals surface area contributed by atoms with E-state index >= 15 is 0 Å². The monoisotopic (exact) mass is 429 g/mol. The molecule has 0 radical (unpaired) electrons. The van der Waals surface area contributed by atoms with Crippen LogP contribution in [0.25, 0.3) is 0 Å². The van der Waals surface area contributed by atoms with Crippen molar-refractivity contribution in [3.63, 3.8) is 0 Å². The largest absolute Gasteiger partial charge is 0.355 e. The zero-order chi connectivity index (χ0) is 21.9. The SMILES string of the molecule is Cc1ccc(C)c(S(=O)(=O)N2Cc3ccccc3CC2C(=O)NCCCN(C)C)c1. The molecule has 1 amide bonds. The number of sulfonamides is 1. The quantitative estimate of drug-likeness (QED) is 0.687. The molecule has 0 bridgehead atoms. The molecule has 30 heavy (non-hydrogen) atoms. The van der Waals surface area contributed by atoms with Gasteiger partial charge in [-0.15, -0.1) is 0 Å². The molecular formula is C23H31N3O3S. The molecule has 1 aliphatic heterocycles. The van der Waals surface area contributed by atoms with Crippen molar-refractivity contribution in [2.24, 2.45) is 0 Å². The van der Waals surface area contributed by atoms with Gasteiger partial charge in [0.2, 0.25) is 15.9 Å². The molecular weight excluding hydrogens is 398 g/mol. The molecule has 0 aromatic heterocycles. The molecule has 162 valence electrons. The van der Waals surface area contributed by atoms with Gasteiger partial charge in [-0.3, -0.25) is 4.79 Å². The van der Waals surface area contributed by atoms with Crippen LogP contribution >= 0.6 is 0 Å². The van der Waals surface area contributed by atoms with E-state index in [-0.39, 0.29) is 17.3 Å². The molecule has 1 aliphatic rings. The summed E-state index contributed by atoms with van der Waals surface area (Å²) in [5, 5.41) is 2.95. The lowest BCUT2D eigenvalue weighted by atomic mass is 9.95. The van der Waals surface area contributed by atoms with E-state index in [2.05, 4.69) is 10.2 Å². The molecule has 2 aromatic rings. The maximum Gasteiger partial charge on any atom is 0.244 e. The fourth-order valence-electron chi connectivity index (χ4n) is 3.81. The van der Waals surface area contributed by atoms with E-state index in [1.165, 1.54) is 4.31 Å². The Morgan fingerprint density at radius 2 is 1.83 bits per heavy atom. The molecule has 3 rings (SSSR count). The Balaban J connectivity index is 1.92. The van der Waals surface area contributed by atoms with Gasteiger partial charge in [0.05, 0.1) is 4.90 Å². The number of nitrogens with one attached hydrogen (secondary N) is 1. The first-order chi connectivity index (χ1) is 14.2. The van der Waals surface area contributed by atoms with Gasteiger partial charge >= 0.3 is 0 Å². The zero-order valence-corrected chi connectivity index (χ0v) is 19.0. The summed E-state index contributed by atoms with van der Waals surface area (Å²) in [4.78, 5) is 15.4. The molecule has 1 N–H and O–H groups in total. The van der Waals surface area contributed by atoms with Gasteiger partial charge in [-0.2, -0.15) is 4.31 Å². The third-order valence-corrected chi connectivity index (χ3v) is 7.52. The number of hydrogen-bond acceptors (Lipinski definition) is 4. The van der Waals surface area contributed by atoms with Crippen LogP contribution in [0.15, 0.2) is 47.4 Å². The Labute approximate surface area is 179 Å². The van der Waals surface area contributed by atoms with Crippen LogP contribution in [0.5, 0.6) is 0 Å². The molecule has 1 atom stereocenters. The number of fused-ring (bicyclic) bond motifs is 1. The van der Waals surface area contributed by atoms with Crippen LogP contribution in [0.1, 0.15) is 28.7 Å². The summed E-state index contributed by atoms with van der Waals surface area (Å²) in [5.41, 5.74) is 3.53. The second-order valence-corrected chi connectivity index (χ2v) is 10.1. The summed E-state index contributed by atoms with van der Waals surface area (Å²) in [5.74, 6) is -0.239. The van der Waals surface area contributed by atoms with Crippen molar-refractivity contribution in [2.75, 3.05) is 27.2 Å². The Bertz CT molecular complexity index is 1020. The average Bonchev–Trinajstić information content (AvgIpc) is 2.71. The lowest BCUT2D eigenvalue weighted by Crippen LogP contribution is -2.52. The fourth-order valence-corrected chi connectivity index (χ4v) is 5.69. The summed E-state index contributed by atoms with van der Waals surface area (Å²) < 4.78 is 28.7. The van der Waals surface area contributed by atoms with E-state index in [1.54, 1.807) is 13.0 Å². The summed E-state index contributed by atoms with van der Waals surface area (Å²) in [6, 6.07) is 12.4. The summed E-state index contributed by atoms with van der Waals surface area (Å²) in [7, 11) is 0.137. The summed E-state index contributed by atoms with van der Waals surface area (Å²) in [6.45, 7) is 5.24. The lowest BCUT2D eigenvalue weighted by Gasteiger charge is -2.35. The molecule has 0 fully saturated rings. The number of benzene rings is 2. The second-order valence-electron chi connectivity index (χ2n) is 8.26. The van der Waals surface area contributed by atoms with Gasteiger partial charge < -0.3 is 10.2 Å². The van der Waals surface area contributed by atoms with Gasteiger partial charge in [0.1, 0.15) is 6.04 Å². The van der Waals surface area contributed by atoms with Crippen molar-refractivity contribution in [2.45, 2.75) is 44.2 Å². The highest BCUT2D eigenvalue weighted by atomic mass is 32.2. The fraction of sp³-hybridized carbons (Fsp3) is 0.435. The number of hydrogen-bond donors (Lipinski definition) is 1. The van der Waals surface area contributed by atoms with Crippen LogP contribution in [0.4, 0.5) is 0 Å². The zero-order valence-electron chi connectivity index (χ0n) is 18.2. The van der Waals surface area contributed by atoms with Gasteiger partial charge in [-0.05, 0) is 75.6 Å². The molecule has 0 saturated heterocycles. The van der Waals surface area contributed by atoms with E-state index in [0.717, 1.165) is 29.7 Å². The summed E-state index contributed by atoms with van der Waals surface area (Å²) in [6.07, 6.45) is 1.19. The van der Waals surface area contributed by atoms with E-state index < -0.39 is 16.1 Å². The van der Waals surface area contributed by atoms with Gasteiger partial charge in [-0.1, -0.05) is 36.4 Å². The topological polar surface area (TPSA) is 69.7 Å². The maximum atomic E-state index is 13.6. The number of nitrogens with zero attached hydrogens (tertiary/aromatic N) is 2. The number of rotatable bonds is 7. The lowest BCUT2D eigenvalue weighted by molar-refractivity contribution is -0.125. The van der Waals surface area contributed by atoms with Crippen LogP contribution in [0.2, 0.25) is 0 Å². The van der Waals surface area contributed by atoms with Crippen molar-refractivity contribution in [3.8, 4) is 0 Å². The Hall–Kier alpha value is -2.22.